The number of hydrogen-bond donors (Lipinski definition) is 2. The van der Waals surface area contributed by atoms with E-state index in [-0.39, 0.29) is 25.0 Å². The Morgan fingerprint density at radius 3 is 2.21 bits per heavy atom. The Bertz CT molecular complexity index is 1020. The highest BCUT2D eigenvalue weighted by Gasteiger charge is 2.45. The van der Waals surface area contributed by atoms with Crippen LogP contribution >= 0.6 is 0 Å². The summed E-state index contributed by atoms with van der Waals surface area (Å²) >= 11 is 0. The van der Waals surface area contributed by atoms with Gasteiger partial charge < -0.3 is 20.1 Å². The van der Waals surface area contributed by atoms with Crippen LogP contribution in [0.4, 0.5) is 4.79 Å². The van der Waals surface area contributed by atoms with E-state index in [1.807, 2.05) is 38.1 Å². The summed E-state index contributed by atoms with van der Waals surface area (Å²) in [4.78, 5) is 38.8. The number of amides is 2. The smallest absolute Gasteiger partial charge is 0.407 e. The molecule has 1 fully saturated rings. The molecular weight excluding hydrogens is 420 g/mol. The lowest BCUT2D eigenvalue weighted by atomic mass is 9.84. The molecule has 2 amide bonds. The summed E-state index contributed by atoms with van der Waals surface area (Å²) in [5.41, 5.74) is 3.64. The molecule has 0 aromatic heterocycles. The molecule has 0 radical (unpaired) electrons. The van der Waals surface area contributed by atoms with Gasteiger partial charge in [-0.1, -0.05) is 62.4 Å². The van der Waals surface area contributed by atoms with Gasteiger partial charge in [0, 0.05) is 19.0 Å². The fourth-order valence-electron chi connectivity index (χ4n) is 5.02. The fourth-order valence-corrected chi connectivity index (χ4v) is 5.02. The van der Waals surface area contributed by atoms with Crippen LogP contribution in [-0.4, -0.2) is 53.7 Å². The van der Waals surface area contributed by atoms with Gasteiger partial charge in [0.15, 0.2) is 0 Å². The number of benzene rings is 2. The maximum absolute atomic E-state index is 13.0. The molecule has 1 aliphatic carbocycles. The van der Waals surface area contributed by atoms with E-state index in [0.717, 1.165) is 22.3 Å². The van der Waals surface area contributed by atoms with Crippen LogP contribution in [0.1, 0.15) is 50.2 Å². The van der Waals surface area contributed by atoms with E-state index in [2.05, 4.69) is 29.6 Å². The van der Waals surface area contributed by atoms with E-state index in [9.17, 15) is 19.5 Å². The van der Waals surface area contributed by atoms with Crippen molar-refractivity contribution in [2.24, 2.45) is 5.41 Å². The van der Waals surface area contributed by atoms with Crippen molar-refractivity contribution in [3.05, 3.63) is 59.7 Å². The highest BCUT2D eigenvalue weighted by molar-refractivity contribution is 5.87. The van der Waals surface area contributed by atoms with Crippen molar-refractivity contribution in [1.82, 2.24) is 10.2 Å². The van der Waals surface area contributed by atoms with Gasteiger partial charge in [-0.05, 0) is 41.5 Å². The van der Waals surface area contributed by atoms with E-state index < -0.39 is 23.5 Å². The van der Waals surface area contributed by atoms with E-state index in [1.54, 1.807) is 4.90 Å². The zero-order valence-electron chi connectivity index (χ0n) is 19.0. The van der Waals surface area contributed by atoms with Gasteiger partial charge >= 0.3 is 12.1 Å². The Morgan fingerprint density at radius 2 is 1.70 bits per heavy atom. The first kappa shape index (κ1) is 22.8. The Balaban J connectivity index is 1.39. The zero-order valence-corrected chi connectivity index (χ0v) is 19.0. The summed E-state index contributed by atoms with van der Waals surface area (Å²) in [6.45, 7) is 4.36. The third-order valence-corrected chi connectivity index (χ3v) is 7.14. The highest BCUT2D eigenvalue weighted by atomic mass is 16.5. The molecule has 2 aliphatic rings. The molecule has 174 valence electrons. The first-order valence-electron chi connectivity index (χ1n) is 11.5. The molecule has 7 nitrogen and oxygen atoms in total. The normalized spacial score (nSPS) is 20.1. The average Bonchev–Trinajstić information content (AvgIpc) is 3.42. The molecule has 2 N–H and O–H groups in total. The summed E-state index contributed by atoms with van der Waals surface area (Å²) in [6.07, 6.45) is 0.636. The summed E-state index contributed by atoms with van der Waals surface area (Å²) in [5.74, 6) is -1.20. The second kappa shape index (κ2) is 9.25. The van der Waals surface area contributed by atoms with Crippen molar-refractivity contribution in [2.75, 3.05) is 19.7 Å². The average molecular weight is 451 g/mol. The second-order valence-electron chi connectivity index (χ2n) is 8.88. The number of carboxylic acid groups (broad SMARTS) is 1. The number of rotatable bonds is 7. The topological polar surface area (TPSA) is 95.9 Å². The number of hydrogen-bond acceptors (Lipinski definition) is 4. The van der Waals surface area contributed by atoms with Crippen LogP contribution < -0.4 is 5.32 Å². The van der Waals surface area contributed by atoms with Crippen LogP contribution in [0.2, 0.25) is 0 Å². The Kier molecular flexibility index (Phi) is 6.40. The number of aliphatic carboxylic acids is 1. The molecule has 0 spiro atoms. The molecule has 1 saturated heterocycles. The molecule has 2 atom stereocenters. The summed E-state index contributed by atoms with van der Waals surface area (Å²) < 4.78 is 5.57. The standard InChI is InChI=1S/C26H30N2O5/c1-3-22(23(29)28-14-13-26(4-2,16-28)24(30)31)27-25(32)33-15-21-19-11-7-5-9-17(19)18-10-6-8-12-20(18)21/h5-12,21-22H,3-4,13-16H2,1-2H3,(H,27,32)(H,30,31)/t22-,26?/m1/s1. The van der Waals surface area contributed by atoms with Crippen LogP contribution in [0.3, 0.4) is 0 Å². The minimum absolute atomic E-state index is 0.0572. The number of nitrogens with zero attached hydrogens (tertiary/aromatic N) is 1. The number of alkyl carbamates (subject to hydrolysis) is 1. The number of fused-ring (bicyclic) bond motifs is 3. The SMILES string of the molecule is CC[C@@H](NC(=O)OCC1c2ccccc2-c2ccccc21)C(=O)N1CCC(CC)(C(=O)O)C1. The lowest BCUT2D eigenvalue weighted by molar-refractivity contribution is -0.148. The van der Waals surface area contributed by atoms with Gasteiger partial charge in [-0.25, -0.2) is 4.79 Å². The molecule has 1 aliphatic heterocycles. The zero-order chi connectivity index (χ0) is 23.6. The predicted molar refractivity (Wildman–Crippen MR) is 124 cm³/mol. The van der Waals surface area contributed by atoms with Crippen LogP contribution in [-0.2, 0) is 14.3 Å². The maximum atomic E-state index is 13.0. The Morgan fingerprint density at radius 1 is 1.09 bits per heavy atom. The van der Waals surface area contributed by atoms with Gasteiger partial charge in [-0.2, -0.15) is 0 Å². The monoisotopic (exact) mass is 450 g/mol. The molecule has 2 aromatic carbocycles. The summed E-state index contributed by atoms with van der Waals surface area (Å²) in [7, 11) is 0. The third-order valence-electron chi connectivity index (χ3n) is 7.14. The van der Waals surface area contributed by atoms with Crippen molar-refractivity contribution in [2.45, 2.75) is 45.1 Å². The first-order chi connectivity index (χ1) is 15.9. The van der Waals surface area contributed by atoms with Crippen LogP contribution in [0, 0.1) is 5.41 Å². The minimum atomic E-state index is -0.905. The molecule has 33 heavy (non-hydrogen) atoms. The Labute approximate surface area is 193 Å². The molecule has 0 saturated carbocycles. The van der Waals surface area contributed by atoms with Gasteiger partial charge in [-0.3, -0.25) is 9.59 Å². The predicted octanol–water partition coefficient (Wildman–Crippen LogP) is 4.02. The second-order valence-corrected chi connectivity index (χ2v) is 8.88. The lowest BCUT2D eigenvalue weighted by Crippen LogP contribution is -2.48. The fraction of sp³-hybridized carbons (Fsp3) is 0.423. The molecule has 1 heterocycles. The Hall–Kier alpha value is -3.35. The first-order valence-corrected chi connectivity index (χ1v) is 11.5. The molecule has 7 heteroatoms. The van der Waals surface area contributed by atoms with Crippen molar-refractivity contribution in [3.8, 4) is 11.1 Å². The summed E-state index contributed by atoms with van der Waals surface area (Å²) in [5, 5.41) is 12.3. The van der Waals surface area contributed by atoms with Gasteiger partial charge in [0.05, 0.1) is 5.41 Å². The molecule has 0 bridgehead atoms. The van der Waals surface area contributed by atoms with Crippen LogP contribution in [0.15, 0.2) is 48.5 Å². The lowest BCUT2D eigenvalue weighted by Gasteiger charge is -2.26. The van der Waals surface area contributed by atoms with E-state index in [1.165, 1.54) is 0 Å². The van der Waals surface area contributed by atoms with Crippen LogP contribution in [0.25, 0.3) is 11.1 Å². The molecule has 1 unspecified atom stereocenters. The van der Waals surface area contributed by atoms with Gasteiger partial charge in [0.25, 0.3) is 0 Å². The van der Waals surface area contributed by atoms with Crippen molar-refractivity contribution >= 4 is 18.0 Å². The molecule has 4 rings (SSSR count). The van der Waals surface area contributed by atoms with Gasteiger partial charge in [0.1, 0.15) is 12.6 Å². The molecule has 2 aromatic rings. The number of carbonyl (C=O) groups is 3. The molecular formula is C26H30N2O5. The van der Waals surface area contributed by atoms with Crippen molar-refractivity contribution in [1.29, 1.82) is 0 Å². The third kappa shape index (κ3) is 4.19. The number of likely N-dealkylation sites (tertiary alicyclic amines) is 1. The highest BCUT2D eigenvalue weighted by Crippen LogP contribution is 2.44. The van der Waals surface area contributed by atoms with E-state index in [0.29, 0.717) is 25.8 Å². The van der Waals surface area contributed by atoms with Gasteiger partial charge in [0.2, 0.25) is 5.91 Å². The van der Waals surface area contributed by atoms with E-state index in [4.69, 9.17) is 4.74 Å². The number of carbonyl (C=O) groups excluding carboxylic acids is 2. The van der Waals surface area contributed by atoms with E-state index >= 15 is 0 Å². The number of nitrogens with one attached hydrogen (secondary N) is 1. The number of ether oxygens (including phenoxy) is 1. The maximum Gasteiger partial charge on any atom is 0.407 e. The van der Waals surface area contributed by atoms with Crippen molar-refractivity contribution < 1.29 is 24.2 Å². The minimum Gasteiger partial charge on any atom is -0.481 e. The largest absolute Gasteiger partial charge is 0.481 e. The van der Waals surface area contributed by atoms with Gasteiger partial charge in [-0.15, -0.1) is 0 Å². The van der Waals surface area contributed by atoms with Crippen molar-refractivity contribution in [3.63, 3.8) is 0 Å². The quantitative estimate of drug-likeness (QED) is 0.664. The summed E-state index contributed by atoms with van der Waals surface area (Å²) in [6, 6.07) is 15.5. The van der Waals surface area contributed by atoms with Crippen LogP contribution in [0.5, 0.6) is 0 Å². The number of carboxylic acids is 1.